The summed E-state index contributed by atoms with van der Waals surface area (Å²) in [5, 5.41) is 8.32. The Bertz CT molecular complexity index is 117. The largest absolute Gasteiger partial charge is 0.481 e. The molecule has 11 heavy (non-hydrogen) atoms. The maximum Gasteiger partial charge on any atom is 0.304 e. The molecule has 0 fully saturated rings. The Morgan fingerprint density at radius 3 is 2.27 bits per heavy atom. The highest BCUT2D eigenvalue weighted by Crippen LogP contribution is 2.04. The second-order valence-electron chi connectivity index (χ2n) is 2.99. The molecular weight excluding hydrogens is 166 g/mol. The van der Waals surface area contributed by atoms with Crippen LogP contribution in [0.4, 0.5) is 0 Å². The molecule has 4 heteroatoms. The minimum Gasteiger partial charge on any atom is -0.481 e. The van der Waals surface area contributed by atoms with Gasteiger partial charge in [0.05, 0.1) is 6.42 Å². The molecule has 0 saturated heterocycles. The summed E-state index contributed by atoms with van der Waals surface area (Å²) in [6.07, 6.45) is 0.866. The summed E-state index contributed by atoms with van der Waals surface area (Å²) in [7, 11) is 0. The van der Waals surface area contributed by atoms with Crippen LogP contribution in [0.25, 0.3) is 0 Å². The van der Waals surface area contributed by atoms with Gasteiger partial charge in [-0.1, -0.05) is 13.8 Å². The van der Waals surface area contributed by atoms with Gasteiger partial charge in [-0.15, -0.1) is 12.4 Å². The van der Waals surface area contributed by atoms with Crippen LogP contribution in [-0.4, -0.2) is 17.1 Å². The Hall–Kier alpha value is -0.280. The van der Waals surface area contributed by atoms with Gasteiger partial charge in [0.25, 0.3) is 0 Å². The Morgan fingerprint density at radius 2 is 2.00 bits per heavy atom. The number of hydrogen-bond donors (Lipinski definition) is 2. The summed E-state index contributed by atoms with van der Waals surface area (Å²) in [5.74, 6) is -0.331. The molecule has 0 aliphatic carbocycles. The van der Waals surface area contributed by atoms with E-state index in [1.165, 1.54) is 0 Å². The predicted octanol–water partition coefficient (Wildman–Crippen LogP) is 1.26. The zero-order valence-electron chi connectivity index (χ0n) is 6.91. The summed E-state index contributed by atoms with van der Waals surface area (Å²) >= 11 is 0. The number of nitrogens with two attached hydrogens (primary N) is 1. The topological polar surface area (TPSA) is 63.3 Å². The zero-order chi connectivity index (χ0) is 8.15. The van der Waals surface area contributed by atoms with E-state index in [1.54, 1.807) is 0 Å². The third kappa shape index (κ3) is 9.72. The molecule has 0 radical (unpaired) electrons. The molecule has 0 heterocycles. The molecule has 0 aromatic heterocycles. The van der Waals surface area contributed by atoms with Crippen LogP contribution >= 0.6 is 12.4 Å². The van der Waals surface area contributed by atoms with E-state index in [1.807, 2.05) is 13.8 Å². The van der Waals surface area contributed by atoms with Gasteiger partial charge < -0.3 is 10.8 Å². The standard InChI is InChI=1S/C7H15NO2.ClH/c1-5(2)3-6(8)4-7(9)10;/h5-6H,3-4,8H2,1-2H3,(H,9,10);1H. The number of carboxylic acids is 1. The first-order chi connectivity index (χ1) is 4.52. The first-order valence-electron chi connectivity index (χ1n) is 3.49. The van der Waals surface area contributed by atoms with Crippen LogP contribution in [0.1, 0.15) is 26.7 Å². The highest BCUT2D eigenvalue weighted by molar-refractivity contribution is 5.85. The lowest BCUT2D eigenvalue weighted by Gasteiger charge is -2.10. The molecule has 1 atom stereocenters. The lowest BCUT2D eigenvalue weighted by atomic mass is 10.0. The van der Waals surface area contributed by atoms with Crippen LogP contribution in [0.3, 0.4) is 0 Å². The number of carboxylic acid groups (broad SMARTS) is 1. The van der Waals surface area contributed by atoms with E-state index in [0.717, 1.165) is 6.42 Å². The van der Waals surface area contributed by atoms with Crippen LogP contribution in [0.15, 0.2) is 0 Å². The summed E-state index contributed by atoms with van der Waals surface area (Å²) in [6, 6.07) is -0.183. The highest BCUT2D eigenvalue weighted by atomic mass is 35.5. The molecule has 0 aromatic rings. The van der Waals surface area contributed by atoms with Crippen molar-refractivity contribution in [3.05, 3.63) is 0 Å². The van der Waals surface area contributed by atoms with Crippen LogP contribution < -0.4 is 5.73 Å². The Morgan fingerprint density at radius 1 is 1.55 bits per heavy atom. The highest BCUT2D eigenvalue weighted by Gasteiger charge is 2.08. The number of carbonyl (C=O) groups is 1. The van der Waals surface area contributed by atoms with Gasteiger partial charge in [-0.3, -0.25) is 4.79 Å². The molecule has 0 aliphatic heterocycles. The predicted molar refractivity (Wildman–Crippen MR) is 46.9 cm³/mol. The molecule has 0 amide bonds. The van der Waals surface area contributed by atoms with Crippen molar-refractivity contribution in [1.29, 1.82) is 0 Å². The number of hydrogen-bond acceptors (Lipinski definition) is 2. The SMILES string of the molecule is CC(C)CC(N)CC(=O)O.Cl. The van der Waals surface area contributed by atoms with Gasteiger partial charge in [-0.2, -0.15) is 0 Å². The smallest absolute Gasteiger partial charge is 0.304 e. The van der Waals surface area contributed by atoms with Crippen molar-refractivity contribution in [3.63, 3.8) is 0 Å². The van der Waals surface area contributed by atoms with Crippen molar-refractivity contribution < 1.29 is 9.90 Å². The number of halogens is 1. The van der Waals surface area contributed by atoms with E-state index < -0.39 is 5.97 Å². The van der Waals surface area contributed by atoms with E-state index in [-0.39, 0.29) is 24.9 Å². The molecule has 0 aromatic carbocycles. The second-order valence-corrected chi connectivity index (χ2v) is 2.99. The fourth-order valence-corrected chi connectivity index (χ4v) is 0.913. The van der Waals surface area contributed by atoms with Gasteiger partial charge in [0.15, 0.2) is 0 Å². The van der Waals surface area contributed by atoms with Gasteiger partial charge in [-0.05, 0) is 12.3 Å². The molecule has 1 unspecified atom stereocenters. The molecule has 0 spiro atoms. The van der Waals surface area contributed by atoms with Crippen molar-refractivity contribution in [2.45, 2.75) is 32.7 Å². The summed E-state index contributed by atoms with van der Waals surface area (Å²) < 4.78 is 0. The van der Waals surface area contributed by atoms with Crippen LogP contribution in [0.2, 0.25) is 0 Å². The van der Waals surface area contributed by atoms with Crippen LogP contribution in [0.5, 0.6) is 0 Å². The third-order valence-corrected chi connectivity index (χ3v) is 1.21. The van der Waals surface area contributed by atoms with Gasteiger partial charge in [0.2, 0.25) is 0 Å². The maximum atomic E-state index is 10.1. The maximum absolute atomic E-state index is 10.1. The summed E-state index contributed by atoms with van der Waals surface area (Å²) in [4.78, 5) is 10.1. The molecule has 0 bridgehead atoms. The third-order valence-electron chi connectivity index (χ3n) is 1.21. The van der Waals surface area contributed by atoms with Crippen molar-refractivity contribution in [3.8, 4) is 0 Å². The minimum atomic E-state index is -0.812. The van der Waals surface area contributed by atoms with E-state index in [2.05, 4.69) is 0 Å². The van der Waals surface area contributed by atoms with Crippen molar-refractivity contribution in [1.82, 2.24) is 0 Å². The van der Waals surface area contributed by atoms with E-state index in [0.29, 0.717) is 5.92 Å². The first kappa shape index (κ1) is 13.3. The van der Waals surface area contributed by atoms with Gasteiger partial charge in [-0.25, -0.2) is 0 Å². The average molecular weight is 182 g/mol. The summed E-state index contributed by atoms with van der Waals surface area (Å²) in [5.41, 5.74) is 5.49. The normalized spacial score (nSPS) is 12.4. The molecule has 0 saturated carbocycles. The molecule has 0 rings (SSSR count). The van der Waals surface area contributed by atoms with E-state index in [9.17, 15) is 4.79 Å². The zero-order valence-corrected chi connectivity index (χ0v) is 7.73. The fraction of sp³-hybridized carbons (Fsp3) is 0.857. The molecule has 0 aliphatic rings. The van der Waals surface area contributed by atoms with Crippen molar-refractivity contribution >= 4 is 18.4 Å². The van der Waals surface area contributed by atoms with Crippen LogP contribution in [0, 0.1) is 5.92 Å². The molecule has 3 nitrogen and oxygen atoms in total. The summed E-state index contributed by atoms with van der Waals surface area (Å²) in [6.45, 7) is 4.06. The number of rotatable bonds is 4. The van der Waals surface area contributed by atoms with Gasteiger partial charge >= 0.3 is 5.97 Å². The van der Waals surface area contributed by atoms with Crippen molar-refractivity contribution in [2.24, 2.45) is 11.7 Å². The van der Waals surface area contributed by atoms with E-state index >= 15 is 0 Å². The minimum absolute atomic E-state index is 0. The van der Waals surface area contributed by atoms with Gasteiger partial charge in [0.1, 0.15) is 0 Å². The van der Waals surface area contributed by atoms with Crippen molar-refractivity contribution in [2.75, 3.05) is 0 Å². The Kier molecular flexibility index (Phi) is 7.79. The van der Waals surface area contributed by atoms with Crippen LogP contribution in [-0.2, 0) is 4.79 Å². The lowest BCUT2D eigenvalue weighted by Crippen LogP contribution is -2.25. The molecule has 3 N–H and O–H groups in total. The molecular formula is C7H16ClNO2. The monoisotopic (exact) mass is 181 g/mol. The first-order valence-corrected chi connectivity index (χ1v) is 3.49. The average Bonchev–Trinajstić information content (AvgIpc) is 1.58. The number of aliphatic carboxylic acids is 1. The van der Waals surface area contributed by atoms with E-state index in [4.69, 9.17) is 10.8 Å². The van der Waals surface area contributed by atoms with Gasteiger partial charge in [0, 0.05) is 6.04 Å². The fourth-order valence-electron chi connectivity index (χ4n) is 0.913. The quantitative estimate of drug-likeness (QED) is 0.687. The Balaban J connectivity index is 0. The second kappa shape index (κ2) is 6.43. The molecule has 68 valence electrons. The lowest BCUT2D eigenvalue weighted by molar-refractivity contribution is -0.137. The Labute approximate surface area is 73.4 Å².